The highest BCUT2D eigenvalue weighted by Crippen LogP contribution is 2.39. The van der Waals surface area contributed by atoms with Gasteiger partial charge in [0.1, 0.15) is 29.3 Å². The molecule has 3 aromatic rings. The van der Waals surface area contributed by atoms with Crippen molar-refractivity contribution in [3.8, 4) is 22.6 Å². The van der Waals surface area contributed by atoms with Crippen LogP contribution in [0, 0.1) is 0 Å². The summed E-state index contributed by atoms with van der Waals surface area (Å²) in [6.07, 6.45) is -1.05. The summed E-state index contributed by atoms with van der Waals surface area (Å²) in [4.78, 5) is 16.7. The number of sulfone groups is 1. The highest BCUT2D eigenvalue weighted by molar-refractivity contribution is 7.90. The standard InChI is InChI=1S/C25H24F3NO6S/c1-24(2,3)35-23(31)21-16(7-10-20(22(21)30)25(26,27)28)14-34-18-8-5-15(6-9-18)17-11-19(13-29-12-17)36(4,32)33/h5-13,30H,14H2,1-4H3. The maximum atomic E-state index is 13.3. The molecule has 0 unspecified atom stereocenters. The van der Waals surface area contributed by atoms with E-state index in [-0.39, 0.29) is 17.1 Å². The number of hydrogen-bond acceptors (Lipinski definition) is 7. The lowest BCUT2D eigenvalue weighted by atomic mass is 10.0. The van der Waals surface area contributed by atoms with Crippen LogP contribution in [0.4, 0.5) is 13.2 Å². The first kappa shape index (κ1) is 27.0. The largest absolute Gasteiger partial charge is 0.506 e. The number of alkyl halides is 3. The number of phenols is 1. The van der Waals surface area contributed by atoms with Crippen molar-refractivity contribution in [3.05, 3.63) is 71.5 Å². The van der Waals surface area contributed by atoms with Crippen LogP contribution >= 0.6 is 0 Å². The lowest BCUT2D eigenvalue weighted by Gasteiger charge is -2.22. The minimum Gasteiger partial charge on any atom is -0.506 e. The molecule has 1 heterocycles. The molecular formula is C25H24F3NO6S. The first-order valence-electron chi connectivity index (χ1n) is 10.6. The third-order valence-corrected chi connectivity index (χ3v) is 5.98. The van der Waals surface area contributed by atoms with Gasteiger partial charge in [-0.3, -0.25) is 4.98 Å². The molecule has 0 fully saturated rings. The van der Waals surface area contributed by atoms with Crippen LogP contribution < -0.4 is 4.74 Å². The molecule has 0 bridgehead atoms. The van der Waals surface area contributed by atoms with Crippen molar-refractivity contribution in [1.29, 1.82) is 0 Å². The first-order valence-corrected chi connectivity index (χ1v) is 12.5. The molecular weight excluding hydrogens is 499 g/mol. The van der Waals surface area contributed by atoms with E-state index in [1.807, 2.05) is 0 Å². The molecule has 36 heavy (non-hydrogen) atoms. The molecule has 192 valence electrons. The number of esters is 1. The smallest absolute Gasteiger partial charge is 0.419 e. The lowest BCUT2D eigenvalue weighted by Crippen LogP contribution is -2.25. The van der Waals surface area contributed by atoms with Crippen molar-refractivity contribution >= 4 is 15.8 Å². The molecule has 1 N–H and O–H groups in total. The zero-order chi connectivity index (χ0) is 26.9. The lowest BCUT2D eigenvalue weighted by molar-refractivity contribution is -0.138. The molecule has 0 spiro atoms. The number of carbonyl (C=O) groups excluding carboxylic acids is 1. The van der Waals surface area contributed by atoms with Gasteiger partial charge in [0.15, 0.2) is 9.84 Å². The maximum absolute atomic E-state index is 13.3. The van der Waals surface area contributed by atoms with Gasteiger partial charge in [-0.2, -0.15) is 13.2 Å². The van der Waals surface area contributed by atoms with E-state index in [1.165, 1.54) is 18.5 Å². The van der Waals surface area contributed by atoms with Crippen LogP contribution in [0.5, 0.6) is 11.5 Å². The fraction of sp³-hybridized carbons (Fsp3) is 0.280. The van der Waals surface area contributed by atoms with Crippen molar-refractivity contribution in [2.75, 3.05) is 6.26 Å². The fourth-order valence-corrected chi connectivity index (χ4v) is 3.82. The second-order valence-corrected chi connectivity index (χ2v) is 11.0. The Kier molecular flexibility index (Phi) is 7.35. The van der Waals surface area contributed by atoms with Gasteiger partial charge in [0.2, 0.25) is 0 Å². The van der Waals surface area contributed by atoms with Gasteiger partial charge >= 0.3 is 12.1 Å². The van der Waals surface area contributed by atoms with Crippen LogP contribution in [0.1, 0.15) is 42.3 Å². The molecule has 0 aliphatic rings. The Morgan fingerprint density at radius 1 is 1.00 bits per heavy atom. The number of benzene rings is 2. The van der Waals surface area contributed by atoms with Crippen molar-refractivity contribution in [2.45, 2.75) is 44.1 Å². The highest BCUT2D eigenvalue weighted by Gasteiger charge is 2.37. The van der Waals surface area contributed by atoms with Gasteiger partial charge in [0, 0.05) is 29.8 Å². The van der Waals surface area contributed by atoms with Crippen molar-refractivity contribution in [3.63, 3.8) is 0 Å². The summed E-state index contributed by atoms with van der Waals surface area (Å²) >= 11 is 0. The summed E-state index contributed by atoms with van der Waals surface area (Å²) in [5.74, 6) is -2.02. The fourth-order valence-electron chi connectivity index (χ4n) is 3.22. The molecule has 2 aromatic carbocycles. The molecule has 1 aromatic heterocycles. The third-order valence-electron chi connectivity index (χ3n) is 4.90. The SMILES string of the molecule is CC(C)(C)OC(=O)c1c(COc2ccc(-c3cncc(S(C)(=O)=O)c3)cc2)ccc(C(F)(F)F)c1O. The van der Waals surface area contributed by atoms with Crippen molar-refractivity contribution in [2.24, 2.45) is 0 Å². The van der Waals surface area contributed by atoms with E-state index < -0.39 is 44.5 Å². The summed E-state index contributed by atoms with van der Waals surface area (Å²) < 4.78 is 74.3. The normalized spacial score (nSPS) is 12.3. The molecule has 0 saturated carbocycles. The average Bonchev–Trinajstić information content (AvgIpc) is 2.75. The summed E-state index contributed by atoms with van der Waals surface area (Å²) in [6.45, 7) is 4.32. The van der Waals surface area contributed by atoms with Gasteiger partial charge in [0.05, 0.1) is 10.5 Å². The van der Waals surface area contributed by atoms with Gasteiger partial charge in [-0.05, 0) is 50.6 Å². The highest BCUT2D eigenvalue weighted by atomic mass is 32.2. The molecule has 3 rings (SSSR count). The molecule has 0 radical (unpaired) electrons. The molecule has 0 atom stereocenters. The topological polar surface area (TPSA) is 103 Å². The zero-order valence-corrected chi connectivity index (χ0v) is 20.7. The molecule has 7 nitrogen and oxygen atoms in total. The second-order valence-electron chi connectivity index (χ2n) is 8.99. The molecule has 0 aliphatic carbocycles. The van der Waals surface area contributed by atoms with E-state index in [1.54, 1.807) is 45.0 Å². The van der Waals surface area contributed by atoms with Gasteiger partial charge in [-0.1, -0.05) is 18.2 Å². The summed E-state index contributed by atoms with van der Waals surface area (Å²) in [7, 11) is -3.44. The number of ether oxygens (including phenoxy) is 2. The number of aromatic hydroxyl groups is 1. The Labute approximate surface area is 206 Å². The summed E-state index contributed by atoms with van der Waals surface area (Å²) in [5, 5.41) is 10.3. The summed E-state index contributed by atoms with van der Waals surface area (Å²) in [6, 6.07) is 9.65. The van der Waals surface area contributed by atoms with E-state index in [2.05, 4.69) is 4.98 Å². The predicted molar refractivity (Wildman–Crippen MR) is 125 cm³/mol. The quantitative estimate of drug-likeness (QED) is 0.431. The number of hydrogen-bond donors (Lipinski definition) is 1. The minimum absolute atomic E-state index is 0.00359. The number of halogens is 3. The summed E-state index contributed by atoms with van der Waals surface area (Å²) in [5.41, 5.74) is -1.77. The van der Waals surface area contributed by atoms with Gasteiger partial charge in [0.25, 0.3) is 0 Å². The number of nitrogens with zero attached hydrogens (tertiary/aromatic N) is 1. The van der Waals surface area contributed by atoms with Gasteiger partial charge < -0.3 is 14.6 Å². The Hall–Kier alpha value is -3.60. The monoisotopic (exact) mass is 523 g/mol. The predicted octanol–water partition coefficient (Wildman–Crippen LogP) is 5.41. The second kappa shape index (κ2) is 9.81. The van der Waals surface area contributed by atoms with Crippen LogP contribution in [-0.4, -0.2) is 36.3 Å². The van der Waals surface area contributed by atoms with E-state index >= 15 is 0 Å². The van der Waals surface area contributed by atoms with E-state index in [0.717, 1.165) is 12.3 Å². The van der Waals surface area contributed by atoms with Crippen molar-refractivity contribution in [1.82, 2.24) is 4.98 Å². The Bertz CT molecular complexity index is 1380. The molecule has 0 amide bonds. The van der Waals surface area contributed by atoms with E-state index in [4.69, 9.17) is 9.47 Å². The zero-order valence-electron chi connectivity index (χ0n) is 19.9. The third kappa shape index (κ3) is 6.54. The Balaban J connectivity index is 1.87. The van der Waals surface area contributed by atoms with E-state index in [9.17, 15) is 31.5 Å². The molecule has 11 heteroatoms. The van der Waals surface area contributed by atoms with E-state index in [0.29, 0.717) is 22.9 Å². The maximum Gasteiger partial charge on any atom is 0.419 e. The minimum atomic E-state index is -4.88. The number of pyridine rings is 1. The first-order chi connectivity index (χ1) is 16.6. The van der Waals surface area contributed by atoms with Crippen LogP contribution in [0.25, 0.3) is 11.1 Å². The van der Waals surface area contributed by atoms with Gasteiger partial charge in [-0.15, -0.1) is 0 Å². The average molecular weight is 524 g/mol. The Morgan fingerprint density at radius 3 is 2.19 bits per heavy atom. The Morgan fingerprint density at radius 2 is 1.64 bits per heavy atom. The number of rotatable bonds is 6. The molecule has 0 aliphatic heterocycles. The van der Waals surface area contributed by atoms with Crippen LogP contribution in [0.2, 0.25) is 0 Å². The van der Waals surface area contributed by atoms with Crippen molar-refractivity contribution < 1.29 is 41.0 Å². The number of phenolic OH excluding ortho intramolecular Hbond substituents is 1. The number of aromatic nitrogens is 1. The number of carbonyl (C=O) groups is 1. The molecule has 0 saturated heterocycles. The van der Waals surface area contributed by atoms with Gasteiger partial charge in [-0.25, -0.2) is 13.2 Å². The van der Waals surface area contributed by atoms with Crippen LogP contribution in [0.3, 0.4) is 0 Å². The van der Waals surface area contributed by atoms with Crippen LogP contribution in [0.15, 0.2) is 59.8 Å². The van der Waals surface area contributed by atoms with Crippen LogP contribution in [-0.2, 0) is 27.4 Å².